The van der Waals surface area contributed by atoms with E-state index < -0.39 is 32.0 Å². The Balaban J connectivity index is 4.33. The van der Waals surface area contributed by atoms with E-state index in [0.29, 0.717) is 12.8 Å². The number of nitrogens with two attached hydrogens (primary N) is 1. The minimum Gasteiger partial charge on any atom is -0.393 e. The molecule has 0 radical (unpaired) electrons. The van der Waals surface area contributed by atoms with Gasteiger partial charge in [0, 0.05) is 6.54 Å². The van der Waals surface area contributed by atoms with E-state index in [1.54, 1.807) is 0 Å². The van der Waals surface area contributed by atoms with Crippen molar-refractivity contribution in [1.29, 1.82) is 0 Å². The lowest BCUT2D eigenvalue weighted by Crippen LogP contribution is -2.47. The zero-order valence-corrected chi connectivity index (χ0v) is 33.9. The number of aliphatic hydroxyl groups excluding tert-OH is 2. The number of unbranched alkanes of at least 4 members (excludes halogenated alkanes) is 22. The van der Waals surface area contributed by atoms with Crippen molar-refractivity contribution in [3.8, 4) is 0 Å². The molecule has 0 aliphatic rings. The monoisotopic (exact) mass is 745 g/mol. The summed E-state index contributed by atoms with van der Waals surface area (Å²) in [6, 6.07) is -0.901. The summed E-state index contributed by atoms with van der Waals surface area (Å²) in [5.74, 6) is -0.425. The summed E-state index contributed by atoms with van der Waals surface area (Å²) in [6.45, 7) is 4.00. The SMILES string of the molecule is CCCCC/C=C\C=C/CCCCCCC(O)CC(=O)NC(COP(=O)(O)OCCN)C(O)CCCCCCCCCCCCCCCCCC. The normalized spacial score (nSPS) is 15.0. The molecule has 0 aliphatic heterocycles. The molecule has 0 heterocycles. The van der Waals surface area contributed by atoms with Crippen LogP contribution in [-0.2, 0) is 18.4 Å². The maximum absolute atomic E-state index is 12.8. The predicted octanol–water partition coefficient (Wildman–Crippen LogP) is 10.4. The molecule has 302 valence electrons. The van der Waals surface area contributed by atoms with E-state index in [0.717, 1.165) is 57.8 Å². The van der Waals surface area contributed by atoms with Crippen LogP contribution < -0.4 is 11.1 Å². The van der Waals surface area contributed by atoms with Crippen LogP contribution in [0, 0.1) is 0 Å². The lowest BCUT2D eigenvalue weighted by molar-refractivity contribution is -0.125. The molecule has 51 heavy (non-hydrogen) atoms. The number of nitrogens with one attached hydrogen (secondary N) is 1. The summed E-state index contributed by atoms with van der Waals surface area (Å²) in [5, 5.41) is 24.1. The van der Waals surface area contributed by atoms with Gasteiger partial charge in [-0.3, -0.25) is 13.8 Å². The Morgan fingerprint density at radius 2 is 1.10 bits per heavy atom. The maximum atomic E-state index is 12.8. The van der Waals surface area contributed by atoms with Crippen LogP contribution in [0.15, 0.2) is 24.3 Å². The van der Waals surface area contributed by atoms with Crippen molar-refractivity contribution in [1.82, 2.24) is 5.32 Å². The standard InChI is InChI=1S/C41H81N2O7P/c1-3-5-7-9-11-13-15-17-18-19-21-23-25-27-29-31-33-40(45)39(37-50-51(47,48)49-35-34-42)43-41(46)36-38(44)32-30-28-26-24-22-20-16-14-12-10-8-6-4-2/h12,14,16,20,38-40,44-45H,3-11,13,15,17-19,21-37,42H2,1-2H3,(H,43,46)(H,47,48)/b14-12-,20-16-. The molecule has 0 saturated heterocycles. The van der Waals surface area contributed by atoms with Crippen LogP contribution in [0.2, 0.25) is 0 Å². The number of carbonyl (C=O) groups is 1. The number of hydrogen-bond donors (Lipinski definition) is 5. The van der Waals surface area contributed by atoms with E-state index >= 15 is 0 Å². The minimum absolute atomic E-state index is 0.0573. The quantitative estimate of drug-likeness (QED) is 0.0237. The highest BCUT2D eigenvalue weighted by molar-refractivity contribution is 7.47. The highest BCUT2D eigenvalue weighted by Crippen LogP contribution is 2.43. The van der Waals surface area contributed by atoms with E-state index in [9.17, 15) is 24.5 Å². The first-order chi connectivity index (χ1) is 24.8. The Bertz CT molecular complexity index is 873. The van der Waals surface area contributed by atoms with Crippen LogP contribution in [0.25, 0.3) is 0 Å². The summed E-state index contributed by atoms with van der Waals surface area (Å²) < 4.78 is 22.1. The summed E-state index contributed by atoms with van der Waals surface area (Å²) in [7, 11) is -4.38. The molecule has 0 saturated carbocycles. The van der Waals surface area contributed by atoms with Gasteiger partial charge in [0.05, 0.1) is 37.9 Å². The Morgan fingerprint density at radius 1 is 0.667 bits per heavy atom. The molecule has 0 aromatic rings. The van der Waals surface area contributed by atoms with Gasteiger partial charge in [-0.2, -0.15) is 0 Å². The van der Waals surface area contributed by atoms with Gasteiger partial charge in [-0.15, -0.1) is 0 Å². The fourth-order valence-electron chi connectivity index (χ4n) is 6.17. The van der Waals surface area contributed by atoms with Crippen LogP contribution in [0.5, 0.6) is 0 Å². The van der Waals surface area contributed by atoms with Gasteiger partial charge >= 0.3 is 7.82 Å². The van der Waals surface area contributed by atoms with Crippen LogP contribution in [0.3, 0.4) is 0 Å². The molecule has 1 amide bonds. The third kappa shape index (κ3) is 35.7. The van der Waals surface area contributed by atoms with Crippen molar-refractivity contribution in [2.45, 2.75) is 212 Å². The molecule has 4 unspecified atom stereocenters. The van der Waals surface area contributed by atoms with E-state index in [4.69, 9.17) is 14.8 Å². The third-order valence-electron chi connectivity index (χ3n) is 9.39. The smallest absolute Gasteiger partial charge is 0.393 e. The Morgan fingerprint density at radius 3 is 1.61 bits per heavy atom. The van der Waals surface area contributed by atoms with Crippen molar-refractivity contribution in [3.05, 3.63) is 24.3 Å². The highest BCUT2D eigenvalue weighted by Gasteiger charge is 2.28. The van der Waals surface area contributed by atoms with Crippen LogP contribution >= 0.6 is 7.82 Å². The number of phosphoric ester groups is 1. The predicted molar refractivity (Wildman–Crippen MR) is 214 cm³/mol. The fraction of sp³-hybridized carbons (Fsp3) is 0.878. The van der Waals surface area contributed by atoms with Gasteiger partial charge in [-0.05, 0) is 38.5 Å². The van der Waals surface area contributed by atoms with Crippen LogP contribution in [0.1, 0.15) is 194 Å². The average molecular weight is 745 g/mol. The molecule has 0 aliphatic carbocycles. The van der Waals surface area contributed by atoms with Crippen LogP contribution in [-0.4, -0.2) is 59.0 Å². The number of allylic oxidation sites excluding steroid dienone is 4. The summed E-state index contributed by atoms with van der Waals surface area (Å²) >= 11 is 0. The summed E-state index contributed by atoms with van der Waals surface area (Å²) in [4.78, 5) is 22.7. The van der Waals surface area contributed by atoms with Gasteiger partial charge < -0.3 is 26.2 Å². The van der Waals surface area contributed by atoms with Crippen molar-refractivity contribution < 1.29 is 33.5 Å². The van der Waals surface area contributed by atoms with E-state index in [-0.39, 0.29) is 26.2 Å². The number of amides is 1. The Hall–Kier alpha value is -1.06. The largest absolute Gasteiger partial charge is 0.472 e. The lowest BCUT2D eigenvalue weighted by atomic mass is 10.0. The van der Waals surface area contributed by atoms with Crippen molar-refractivity contribution in [2.75, 3.05) is 19.8 Å². The third-order valence-corrected chi connectivity index (χ3v) is 10.4. The average Bonchev–Trinajstić information content (AvgIpc) is 3.10. The van der Waals surface area contributed by atoms with Crippen molar-refractivity contribution in [3.63, 3.8) is 0 Å². The van der Waals surface area contributed by atoms with Crippen molar-refractivity contribution >= 4 is 13.7 Å². The fourth-order valence-corrected chi connectivity index (χ4v) is 6.93. The Kier molecular flexibility index (Phi) is 36.5. The first kappa shape index (κ1) is 49.9. The Labute approximate surface area is 313 Å². The molecular weight excluding hydrogens is 663 g/mol. The zero-order valence-electron chi connectivity index (χ0n) is 33.0. The molecular formula is C41H81N2O7P. The van der Waals surface area contributed by atoms with E-state index in [1.165, 1.54) is 103 Å². The number of phosphoric acid groups is 1. The molecule has 0 spiro atoms. The molecule has 9 nitrogen and oxygen atoms in total. The lowest BCUT2D eigenvalue weighted by Gasteiger charge is -2.25. The van der Waals surface area contributed by atoms with Gasteiger partial charge in [-0.25, -0.2) is 4.57 Å². The molecule has 4 atom stereocenters. The molecule has 10 heteroatoms. The number of aliphatic hydroxyl groups is 2. The first-order valence-corrected chi connectivity index (χ1v) is 22.5. The van der Waals surface area contributed by atoms with Gasteiger partial charge in [0.25, 0.3) is 0 Å². The van der Waals surface area contributed by atoms with Crippen molar-refractivity contribution in [2.24, 2.45) is 5.73 Å². The maximum Gasteiger partial charge on any atom is 0.472 e. The minimum atomic E-state index is -4.38. The summed E-state index contributed by atoms with van der Waals surface area (Å²) in [5.41, 5.74) is 5.36. The van der Waals surface area contributed by atoms with Gasteiger partial charge in [0.2, 0.25) is 5.91 Å². The zero-order chi connectivity index (χ0) is 37.7. The first-order valence-electron chi connectivity index (χ1n) is 21.0. The molecule has 0 fully saturated rings. The topological polar surface area (TPSA) is 151 Å². The molecule has 0 bridgehead atoms. The second-order valence-electron chi connectivity index (χ2n) is 14.4. The molecule has 0 rings (SSSR count). The molecule has 6 N–H and O–H groups in total. The number of carbonyl (C=O) groups excluding carboxylic acids is 1. The highest BCUT2D eigenvalue weighted by atomic mass is 31.2. The van der Waals surface area contributed by atoms with Gasteiger partial charge in [0.15, 0.2) is 0 Å². The molecule has 0 aromatic heterocycles. The number of hydrogen-bond acceptors (Lipinski definition) is 7. The van der Waals surface area contributed by atoms with Gasteiger partial charge in [0.1, 0.15) is 0 Å². The molecule has 0 aromatic carbocycles. The van der Waals surface area contributed by atoms with Crippen LogP contribution in [0.4, 0.5) is 0 Å². The summed E-state index contributed by atoms with van der Waals surface area (Å²) in [6.07, 6.45) is 37.9. The van der Waals surface area contributed by atoms with E-state index in [2.05, 4.69) is 43.5 Å². The number of rotatable bonds is 39. The van der Waals surface area contributed by atoms with Gasteiger partial charge in [-0.1, -0.05) is 173 Å². The van der Waals surface area contributed by atoms with E-state index in [1.807, 2.05) is 0 Å². The second kappa shape index (κ2) is 37.3. The second-order valence-corrected chi connectivity index (χ2v) is 15.9.